The maximum Gasteiger partial charge on any atom is 0.253 e. The highest BCUT2D eigenvalue weighted by molar-refractivity contribution is 7.99. The van der Waals surface area contributed by atoms with Gasteiger partial charge in [0.05, 0.1) is 17.7 Å². The van der Waals surface area contributed by atoms with Crippen molar-refractivity contribution in [1.29, 1.82) is 0 Å². The average molecular weight is 499 g/mol. The molecule has 11 heteroatoms. The van der Waals surface area contributed by atoms with Gasteiger partial charge >= 0.3 is 0 Å². The summed E-state index contributed by atoms with van der Waals surface area (Å²) in [5, 5.41) is 16.0. The minimum absolute atomic E-state index is 0.119. The predicted molar refractivity (Wildman–Crippen MR) is 127 cm³/mol. The van der Waals surface area contributed by atoms with Gasteiger partial charge in [0.1, 0.15) is 17.6 Å². The van der Waals surface area contributed by atoms with Crippen LogP contribution in [0.1, 0.15) is 54.8 Å². The first-order valence-electron chi connectivity index (χ1n) is 11.0. The Morgan fingerprint density at radius 3 is 2.65 bits per heavy atom. The van der Waals surface area contributed by atoms with Crippen molar-refractivity contribution in [3.05, 3.63) is 64.8 Å². The highest BCUT2D eigenvalue weighted by Crippen LogP contribution is 2.40. The maximum atomic E-state index is 13.3. The topological polar surface area (TPSA) is 120 Å². The third-order valence-corrected chi connectivity index (χ3v) is 7.01. The lowest BCUT2D eigenvalue weighted by Gasteiger charge is -2.19. The molecule has 1 aliphatic carbocycles. The van der Waals surface area contributed by atoms with Crippen molar-refractivity contribution in [2.75, 3.05) is 5.75 Å². The average Bonchev–Trinajstić information content (AvgIpc) is 3.22. The quantitative estimate of drug-likeness (QED) is 0.449. The van der Waals surface area contributed by atoms with Crippen molar-refractivity contribution < 1.29 is 14.0 Å². The molecular weight excluding hydrogens is 476 g/mol. The lowest BCUT2D eigenvalue weighted by atomic mass is 10.0. The van der Waals surface area contributed by atoms with Crippen LogP contribution in [0.3, 0.4) is 0 Å². The molecule has 9 nitrogen and oxygen atoms in total. The zero-order valence-corrected chi connectivity index (χ0v) is 19.8. The summed E-state index contributed by atoms with van der Waals surface area (Å²) in [5.74, 6) is 1.45. The van der Waals surface area contributed by atoms with Gasteiger partial charge in [0.15, 0.2) is 5.16 Å². The molecule has 5 rings (SSSR count). The lowest BCUT2D eigenvalue weighted by Crippen LogP contribution is -2.28. The number of hydrogen-bond donors (Lipinski definition) is 1. The molecule has 0 spiro atoms. The number of rotatable bonds is 9. The normalized spacial score (nSPS) is 17.7. The fourth-order valence-electron chi connectivity index (χ4n) is 3.93. The van der Waals surface area contributed by atoms with Crippen molar-refractivity contribution in [2.45, 2.75) is 49.3 Å². The van der Waals surface area contributed by atoms with E-state index in [1.165, 1.54) is 16.8 Å². The summed E-state index contributed by atoms with van der Waals surface area (Å²) in [7, 11) is 0. The first kappa shape index (κ1) is 22.7. The number of hydrazone groups is 1. The Morgan fingerprint density at radius 2 is 1.97 bits per heavy atom. The number of carbonyl (C=O) groups is 2. The smallest absolute Gasteiger partial charge is 0.253 e. The lowest BCUT2D eigenvalue weighted by molar-refractivity contribution is -0.130. The highest BCUT2D eigenvalue weighted by atomic mass is 35.5. The summed E-state index contributed by atoms with van der Waals surface area (Å²) in [5.41, 5.74) is 7.04. The fourth-order valence-corrected chi connectivity index (χ4v) is 4.88. The molecule has 0 bridgehead atoms. The Morgan fingerprint density at radius 1 is 1.18 bits per heavy atom. The number of amides is 2. The second kappa shape index (κ2) is 9.63. The zero-order valence-electron chi connectivity index (χ0n) is 18.3. The van der Waals surface area contributed by atoms with Crippen LogP contribution in [0, 0.1) is 0 Å². The van der Waals surface area contributed by atoms with E-state index >= 15 is 0 Å². The molecule has 1 unspecified atom stereocenters. The first-order chi connectivity index (χ1) is 16.5. The number of thioether (sulfide) groups is 1. The molecule has 2 aliphatic rings. The Kier molecular flexibility index (Phi) is 6.42. The number of hydrogen-bond acceptors (Lipinski definition) is 7. The Bertz CT molecular complexity index is 1220. The molecule has 1 atom stereocenters. The minimum Gasteiger partial charge on any atom is -0.467 e. The second-order valence-electron chi connectivity index (χ2n) is 8.30. The van der Waals surface area contributed by atoms with Crippen molar-refractivity contribution in [3.8, 4) is 0 Å². The van der Waals surface area contributed by atoms with Gasteiger partial charge in [-0.05, 0) is 42.7 Å². The minimum atomic E-state index is -0.384. The third kappa shape index (κ3) is 4.88. The number of aromatic nitrogens is 3. The molecule has 3 heterocycles. The number of carbonyl (C=O) groups excluding carboxylic acids is 2. The summed E-state index contributed by atoms with van der Waals surface area (Å²) in [4.78, 5) is 24.6. The molecule has 0 radical (unpaired) electrons. The monoisotopic (exact) mass is 498 g/mol. The Labute approximate surface area is 205 Å². The number of nitrogens with two attached hydrogens (primary N) is 1. The summed E-state index contributed by atoms with van der Waals surface area (Å²) in [6, 6.07) is 10.7. The summed E-state index contributed by atoms with van der Waals surface area (Å²) < 4.78 is 7.52. The zero-order chi connectivity index (χ0) is 23.7. The molecule has 1 aromatic carbocycles. The molecule has 2 amide bonds. The van der Waals surface area contributed by atoms with E-state index in [1.54, 1.807) is 24.5 Å². The second-order valence-corrected chi connectivity index (χ2v) is 9.68. The van der Waals surface area contributed by atoms with E-state index in [-0.39, 0.29) is 30.0 Å². The largest absolute Gasteiger partial charge is 0.467 e. The van der Waals surface area contributed by atoms with Crippen molar-refractivity contribution in [2.24, 2.45) is 10.8 Å². The number of primary amides is 1. The van der Waals surface area contributed by atoms with Gasteiger partial charge in [0, 0.05) is 30.3 Å². The number of benzene rings is 1. The summed E-state index contributed by atoms with van der Waals surface area (Å²) in [6.45, 7) is 0.405. The van der Waals surface area contributed by atoms with E-state index in [4.69, 9.17) is 21.8 Å². The van der Waals surface area contributed by atoms with Gasteiger partial charge in [-0.2, -0.15) is 5.10 Å². The molecule has 1 aliphatic heterocycles. The number of halogens is 1. The summed E-state index contributed by atoms with van der Waals surface area (Å²) >= 11 is 7.31. The SMILES string of the molecule is NC(=O)CCn1c(SCC(=O)N2N=C(c3ccc(Cl)cc3)CC2c2ccco2)nnc1C1CC1. The van der Waals surface area contributed by atoms with E-state index in [9.17, 15) is 9.59 Å². The highest BCUT2D eigenvalue weighted by Gasteiger charge is 2.35. The Hall–Kier alpha value is -3.11. The number of furan rings is 1. The number of nitrogens with zero attached hydrogens (tertiary/aromatic N) is 5. The van der Waals surface area contributed by atoms with Crippen LogP contribution in [-0.4, -0.2) is 43.1 Å². The van der Waals surface area contributed by atoms with Crippen LogP contribution >= 0.6 is 23.4 Å². The van der Waals surface area contributed by atoms with Crippen molar-refractivity contribution in [3.63, 3.8) is 0 Å². The molecule has 0 saturated heterocycles. The van der Waals surface area contributed by atoms with Crippen LogP contribution in [0.2, 0.25) is 5.02 Å². The Balaban J connectivity index is 1.34. The maximum absolute atomic E-state index is 13.3. The first-order valence-corrected chi connectivity index (χ1v) is 12.4. The molecule has 2 N–H and O–H groups in total. The van der Waals surface area contributed by atoms with E-state index in [1.807, 2.05) is 22.8 Å². The van der Waals surface area contributed by atoms with Gasteiger partial charge in [-0.3, -0.25) is 9.59 Å². The summed E-state index contributed by atoms with van der Waals surface area (Å²) in [6.07, 6.45) is 4.43. The van der Waals surface area contributed by atoms with Gasteiger partial charge in [0.25, 0.3) is 5.91 Å². The molecular formula is C23H23ClN6O3S. The van der Waals surface area contributed by atoms with Gasteiger partial charge < -0.3 is 14.7 Å². The van der Waals surface area contributed by atoms with E-state index in [2.05, 4.69) is 15.3 Å². The van der Waals surface area contributed by atoms with Crippen LogP contribution in [0.5, 0.6) is 0 Å². The molecule has 1 fully saturated rings. The van der Waals surface area contributed by atoms with Gasteiger partial charge in [-0.25, -0.2) is 5.01 Å². The molecule has 2 aromatic heterocycles. The van der Waals surface area contributed by atoms with E-state index in [0.717, 1.165) is 29.9 Å². The van der Waals surface area contributed by atoms with Crippen LogP contribution < -0.4 is 5.73 Å². The van der Waals surface area contributed by atoms with E-state index in [0.29, 0.717) is 34.8 Å². The van der Waals surface area contributed by atoms with E-state index < -0.39 is 0 Å². The van der Waals surface area contributed by atoms with Crippen molar-refractivity contribution in [1.82, 2.24) is 19.8 Å². The third-order valence-electron chi connectivity index (χ3n) is 5.81. The molecule has 34 heavy (non-hydrogen) atoms. The molecule has 1 saturated carbocycles. The molecule has 176 valence electrons. The van der Waals surface area contributed by atoms with Crippen LogP contribution in [0.25, 0.3) is 0 Å². The fraction of sp³-hybridized carbons (Fsp3) is 0.348. The van der Waals surface area contributed by atoms with Crippen LogP contribution in [-0.2, 0) is 16.1 Å². The van der Waals surface area contributed by atoms with Gasteiger partial charge in [-0.15, -0.1) is 10.2 Å². The molecule has 3 aromatic rings. The van der Waals surface area contributed by atoms with Crippen LogP contribution in [0.15, 0.2) is 57.3 Å². The van der Waals surface area contributed by atoms with Crippen LogP contribution in [0.4, 0.5) is 0 Å². The van der Waals surface area contributed by atoms with Crippen molar-refractivity contribution >= 4 is 40.9 Å². The van der Waals surface area contributed by atoms with Gasteiger partial charge in [-0.1, -0.05) is 35.5 Å². The standard InChI is InChI=1S/C23H23ClN6O3S/c24-16-7-5-14(6-8-16)17-12-18(19-2-1-11-33-19)30(28-17)21(32)13-34-23-27-26-22(15-3-4-15)29(23)10-9-20(25)31/h1-2,5-8,11,15,18H,3-4,9-10,12-13H2,(H2,25,31). The predicted octanol–water partition coefficient (Wildman–Crippen LogP) is 3.75. The van der Waals surface area contributed by atoms with Gasteiger partial charge in [0.2, 0.25) is 5.91 Å².